The number of hydrogen-bond donors (Lipinski definition) is 0. The lowest BCUT2D eigenvalue weighted by molar-refractivity contribution is 0.415. The van der Waals surface area contributed by atoms with E-state index in [1.54, 1.807) is 12.7 Å². The van der Waals surface area contributed by atoms with Crippen LogP contribution in [0.4, 0.5) is 0 Å². The SMILES string of the molecule is COc1ccc2c(CCCCCCc3cc4ccc3-4)cccc2c1. The van der Waals surface area contributed by atoms with E-state index < -0.39 is 0 Å². The standard InChI is InChI=1S/C23H24O/c1-24-21-12-14-22-17(9-6-10-19(22)16-21)7-4-2-3-5-8-18-15-20-11-13-23(18)20/h6,9-16H,2-5,7-8H2,1H3. The van der Waals surface area contributed by atoms with Gasteiger partial charge in [-0.3, -0.25) is 0 Å². The molecule has 2 aliphatic rings. The lowest BCUT2D eigenvalue weighted by Gasteiger charge is -2.20. The number of fused-ring (bicyclic) bond motifs is 2. The van der Waals surface area contributed by atoms with E-state index in [0.29, 0.717) is 0 Å². The minimum absolute atomic E-state index is 0.935. The Morgan fingerprint density at radius 1 is 0.750 bits per heavy atom. The highest BCUT2D eigenvalue weighted by atomic mass is 16.5. The Morgan fingerprint density at radius 3 is 2.25 bits per heavy atom. The molecule has 0 radical (unpaired) electrons. The number of aryl methyl sites for hydroxylation is 2. The molecule has 0 heterocycles. The van der Waals surface area contributed by atoms with Crippen LogP contribution in [0.3, 0.4) is 0 Å². The Kier molecular flexibility index (Phi) is 4.25. The number of ether oxygens (including phenoxy) is 1. The first-order valence-corrected chi connectivity index (χ1v) is 9.04. The lowest BCUT2D eigenvalue weighted by atomic mass is 9.84. The van der Waals surface area contributed by atoms with Gasteiger partial charge in [-0.1, -0.05) is 55.3 Å². The van der Waals surface area contributed by atoms with Crippen LogP contribution in [-0.2, 0) is 12.8 Å². The van der Waals surface area contributed by atoms with Gasteiger partial charge in [0.05, 0.1) is 7.11 Å². The fraction of sp³-hybridized carbons (Fsp3) is 0.304. The third-order valence-corrected chi connectivity index (χ3v) is 5.24. The third-order valence-electron chi connectivity index (χ3n) is 5.24. The van der Waals surface area contributed by atoms with E-state index in [0.717, 1.165) is 5.75 Å². The van der Waals surface area contributed by atoms with Crippen molar-refractivity contribution in [3.05, 3.63) is 65.7 Å². The molecule has 0 bridgehead atoms. The van der Waals surface area contributed by atoms with Crippen LogP contribution in [0.1, 0.15) is 36.8 Å². The van der Waals surface area contributed by atoms with E-state index in [2.05, 4.69) is 54.6 Å². The lowest BCUT2D eigenvalue weighted by Crippen LogP contribution is -2.00. The quantitative estimate of drug-likeness (QED) is 0.353. The predicted octanol–water partition coefficient (Wildman–Crippen LogP) is 6.17. The molecular weight excluding hydrogens is 292 g/mol. The summed E-state index contributed by atoms with van der Waals surface area (Å²) in [6.07, 6.45) is 7.69. The average Bonchev–Trinajstić information content (AvgIpc) is 2.60. The Balaban J connectivity index is 1.26. The molecule has 0 aromatic heterocycles. The van der Waals surface area contributed by atoms with Gasteiger partial charge in [-0.25, -0.2) is 0 Å². The van der Waals surface area contributed by atoms with Crippen LogP contribution in [0.5, 0.6) is 5.75 Å². The predicted molar refractivity (Wildman–Crippen MR) is 102 cm³/mol. The molecular formula is C23H24O. The summed E-state index contributed by atoms with van der Waals surface area (Å²) in [7, 11) is 1.73. The minimum Gasteiger partial charge on any atom is -0.497 e. The van der Waals surface area contributed by atoms with Gasteiger partial charge in [0.1, 0.15) is 5.75 Å². The molecule has 0 saturated heterocycles. The summed E-state index contributed by atoms with van der Waals surface area (Å²) in [6, 6.07) is 19.8. The number of unbranched alkanes of at least 4 members (excludes halogenated alkanes) is 3. The highest BCUT2D eigenvalue weighted by Crippen LogP contribution is 2.37. The van der Waals surface area contributed by atoms with Crippen molar-refractivity contribution < 1.29 is 4.74 Å². The van der Waals surface area contributed by atoms with Crippen LogP contribution in [0.2, 0.25) is 0 Å². The van der Waals surface area contributed by atoms with E-state index in [4.69, 9.17) is 4.74 Å². The maximum atomic E-state index is 5.33. The Labute approximate surface area is 144 Å². The second-order valence-corrected chi connectivity index (χ2v) is 6.79. The molecule has 122 valence electrons. The van der Waals surface area contributed by atoms with E-state index in [1.807, 2.05) is 0 Å². The largest absolute Gasteiger partial charge is 0.497 e. The number of rotatable bonds is 8. The monoisotopic (exact) mass is 316 g/mol. The molecule has 4 rings (SSSR count). The van der Waals surface area contributed by atoms with Gasteiger partial charge in [0, 0.05) is 0 Å². The Morgan fingerprint density at radius 2 is 1.58 bits per heavy atom. The molecule has 0 aliphatic heterocycles. The molecule has 0 atom stereocenters. The first-order chi connectivity index (χ1) is 11.8. The first kappa shape index (κ1) is 15.3. The van der Waals surface area contributed by atoms with Crippen LogP contribution in [-0.4, -0.2) is 7.11 Å². The van der Waals surface area contributed by atoms with Crippen LogP contribution in [0.15, 0.2) is 54.6 Å². The van der Waals surface area contributed by atoms with Crippen molar-refractivity contribution in [1.29, 1.82) is 0 Å². The highest BCUT2D eigenvalue weighted by molar-refractivity contribution is 5.87. The zero-order chi connectivity index (χ0) is 16.4. The number of methoxy groups -OCH3 is 1. The van der Waals surface area contributed by atoms with E-state index in [9.17, 15) is 0 Å². The number of benzene rings is 3. The fourth-order valence-corrected chi connectivity index (χ4v) is 3.73. The van der Waals surface area contributed by atoms with Crippen molar-refractivity contribution in [2.45, 2.75) is 38.5 Å². The van der Waals surface area contributed by atoms with Crippen molar-refractivity contribution in [2.24, 2.45) is 0 Å². The number of hydrogen-bond acceptors (Lipinski definition) is 1. The minimum atomic E-state index is 0.935. The zero-order valence-electron chi connectivity index (χ0n) is 14.3. The van der Waals surface area contributed by atoms with Crippen molar-refractivity contribution >= 4 is 10.8 Å². The summed E-state index contributed by atoms with van der Waals surface area (Å²) < 4.78 is 5.33. The highest BCUT2D eigenvalue weighted by Gasteiger charge is 2.15. The summed E-state index contributed by atoms with van der Waals surface area (Å²) >= 11 is 0. The van der Waals surface area contributed by atoms with Gasteiger partial charge in [-0.2, -0.15) is 0 Å². The molecule has 0 spiro atoms. The zero-order valence-corrected chi connectivity index (χ0v) is 14.3. The van der Waals surface area contributed by atoms with Gasteiger partial charge in [0.2, 0.25) is 0 Å². The molecule has 2 aromatic rings. The first-order valence-electron chi connectivity index (χ1n) is 9.04. The molecule has 0 N–H and O–H groups in total. The molecule has 2 aromatic carbocycles. The molecule has 24 heavy (non-hydrogen) atoms. The topological polar surface area (TPSA) is 9.23 Å². The molecule has 0 amide bonds. The Bertz CT molecular complexity index is 863. The van der Waals surface area contributed by atoms with Crippen LogP contribution in [0.25, 0.3) is 21.9 Å². The molecule has 0 fully saturated rings. The second kappa shape index (κ2) is 6.68. The average molecular weight is 316 g/mol. The van der Waals surface area contributed by atoms with Crippen molar-refractivity contribution in [2.75, 3.05) is 7.11 Å². The van der Waals surface area contributed by atoms with Gasteiger partial charge in [0.15, 0.2) is 0 Å². The molecule has 1 heteroatoms. The summed E-state index contributed by atoms with van der Waals surface area (Å²) in [5.74, 6) is 0.935. The van der Waals surface area contributed by atoms with E-state index >= 15 is 0 Å². The molecule has 0 saturated carbocycles. The van der Waals surface area contributed by atoms with E-state index in [1.165, 1.54) is 66.0 Å². The van der Waals surface area contributed by atoms with Crippen molar-refractivity contribution in [1.82, 2.24) is 0 Å². The Hall–Kier alpha value is -2.28. The van der Waals surface area contributed by atoms with Crippen LogP contribution >= 0.6 is 0 Å². The van der Waals surface area contributed by atoms with Gasteiger partial charge in [-0.15, -0.1) is 0 Å². The van der Waals surface area contributed by atoms with Gasteiger partial charge >= 0.3 is 0 Å². The molecule has 2 aliphatic carbocycles. The van der Waals surface area contributed by atoms with Crippen molar-refractivity contribution in [3.8, 4) is 16.9 Å². The third kappa shape index (κ3) is 2.91. The summed E-state index contributed by atoms with van der Waals surface area (Å²) in [6.45, 7) is 0. The van der Waals surface area contributed by atoms with E-state index in [-0.39, 0.29) is 0 Å². The maximum Gasteiger partial charge on any atom is 0.119 e. The van der Waals surface area contributed by atoms with Crippen LogP contribution in [0, 0.1) is 0 Å². The summed E-state index contributed by atoms with van der Waals surface area (Å²) in [5, 5.41) is 2.65. The normalized spacial score (nSPS) is 11.7. The summed E-state index contributed by atoms with van der Waals surface area (Å²) in [5.41, 5.74) is 6.04. The van der Waals surface area contributed by atoms with Gasteiger partial charge < -0.3 is 4.74 Å². The smallest absolute Gasteiger partial charge is 0.119 e. The van der Waals surface area contributed by atoms with Crippen LogP contribution < -0.4 is 4.74 Å². The maximum absolute atomic E-state index is 5.33. The van der Waals surface area contributed by atoms with Gasteiger partial charge in [0.25, 0.3) is 0 Å². The molecule has 1 nitrogen and oxygen atoms in total. The van der Waals surface area contributed by atoms with Gasteiger partial charge in [-0.05, 0) is 70.8 Å². The molecule has 0 unspecified atom stereocenters. The second-order valence-electron chi connectivity index (χ2n) is 6.79. The van der Waals surface area contributed by atoms with Crippen molar-refractivity contribution in [3.63, 3.8) is 0 Å². The fourth-order valence-electron chi connectivity index (χ4n) is 3.73. The summed E-state index contributed by atoms with van der Waals surface area (Å²) in [4.78, 5) is 0.